The number of rotatable bonds is 8. The number of thioether (sulfide) groups is 1. The van der Waals surface area contributed by atoms with Gasteiger partial charge in [0.15, 0.2) is 5.95 Å². The molecule has 11 heteroatoms. The average Bonchev–Trinajstić information content (AvgIpc) is 3.38. The van der Waals surface area contributed by atoms with Crippen molar-refractivity contribution >= 4 is 40.0 Å². The van der Waals surface area contributed by atoms with Crippen molar-refractivity contribution in [2.75, 3.05) is 19.0 Å². The van der Waals surface area contributed by atoms with Gasteiger partial charge in [-0.1, -0.05) is 12.8 Å². The first-order valence-corrected chi connectivity index (χ1v) is 13.6. The van der Waals surface area contributed by atoms with E-state index in [0.29, 0.717) is 22.0 Å². The maximum atomic E-state index is 13.2. The minimum absolute atomic E-state index is 0.173. The SMILES string of the molecule is CCOC(=O)c1c(NC(=O)C(C)Sc2c([O-])on[n+]2-c2ccc(OC)cc2)sc2c1CCCCCC2. The molecule has 1 unspecified atom stereocenters. The van der Waals surface area contributed by atoms with Crippen molar-refractivity contribution in [3.63, 3.8) is 0 Å². The minimum atomic E-state index is -0.665. The monoisotopic (exact) mass is 531 g/mol. The second-order valence-corrected chi connectivity index (χ2v) is 10.8. The molecule has 2 heterocycles. The molecule has 36 heavy (non-hydrogen) atoms. The first-order chi connectivity index (χ1) is 17.4. The smallest absolute Gasteiger partial charge is 0.341 e. The van der Waals surface area contributed by atoms with Gasteiger partial charge in [-0.3, -0.25) is 4.79 Å². The molecule has 4 rings (SSSR count). The number of fused-ring (bicyclic) bond motifs is 1. The first-order valence-electron chi connectivity index (χ1n) is 12.0. The number of benzene rings is 1. The Labute approximate surface area is 217 Å². The maximum Gasteiger partial charge on any atom is 0.341 e. The van der Waals surface area contributed by atoms with E-state index in [4.69, 9.17) is 14.0 Å². The Balaban J connectivity index is 1.56. The number of nitrogens with one attached hydrogen (secondary N) is 1. The number of aryl methyl sites for hydroxylation is 1. The van der Waals surface area contributed by atoms with Gasteiger partial charge in [-0.15, -0.1) is 11.3 Å². The van der Waals surface area contributed by atoms with E-state index in [1.807, 2.05) is 0 Å². The normalized spacial score (nSPS) is 14.3. The zero-order valence-corrected chi connectivity index (χ0v) is 22.1. The lowest BCUT2D eigenvalue weighted by Gasteiger charge is -2.12. The van der Waals surface area contributed by atoms with Crippen molar-refractivity contribution in [1.82, 2.24) is 5.27 Å². The second kappa shape index (κ2) is 11.8. The topological polar surface area (TPSA) is 118 Å². The van der Waals surface area contributed by atoms with Crippen molar-refractivity contribution in [1.29, 1.82) is 0 Å². The molecule has 1 N–H and O–H groups in total. The number of ether oxygens (including phenoxy) is 2. The third kappa shape index (κ3) is 5.67. The molecule has 9 nitrogen and oxygen atoms in total. The number of hydrogen-bond acceptors (Lipinski definition) is 9. The predicted molar refractivity (Wildman–Crippen MR) is 134 cm³/mol. The van der Waals surface area contributed by atoms with Crippen LogP contribution in [0.25, 0.3) is 5.69 Å². The summed E-state index contributed by atoms with van der Waals surface area (Å²) in [4.78, 5) is 27.2. The van der Waals surface area contributed by atoms with Crippen LogP contribution in [0.15, 0.2) is 33.8 Å². The Kier molecular flexibility index (Phi) is 8.52. The van der Waals surface area contributed by atoms with Crippen LogP contribution >= 0.6 is 23.1 Å². The number of carbonyl (C=O) groups excluding carboxylic acids is 2. The van der Waals surface area contributed by atoms with E-state index in [0.717, 1.165) is 60.7 Å². The number of hydrogen-bond donors (Lipinski definition) is 1. The van der Waals surface area contributed by atoms with Gasteiger partial charge in [-0.25, -0.2) is 4.79 Å². The van der Waals surface area contributed by atoms with Crippen LogP contribution in [0.1, 0.15) is 60.3 Å². The summed E-state index contributed by atoms with van der Waals surface area (Å²) in [6.45, 7) is 3.72. The second-order valence-electron chi connectivity index (χ2n) is 8.37. The van der Waals surface area contributed by atoms with Crippen LogP contribution in [-0.4, -0.2) is 36.1 Å². The van der Waals surface area contributed by atoms with Crippen LogP contribution in [-0.2, 0) is 22.4 Å². The van der Waals surface area contributed by atoms with E-state index >= 15 is 0 Å². The van der Waals surface area contributed by atoms with E-state index in [9.17, 15) is 14.7 Å². The summed E-state index contributed by atoms with van der Waals surface area (Å²) in [7, 11) is 1.57. The molecule has 0 fully saturated rings. The largest absolute Gasteiger partial charge is 0.538 e. The number of thiophene rings is 1. The molecule has 0 bridgehead atoms. The average molecular weight is 532 g/mol. The molecule has 3 aromatic rings. The summed E-state index contributed by atoms with van der Waals surface area (Å²) >= 11 is 2.49. The fraction of sp³-hybridized carbons (Fsp3) is 0.440. The van der Waals surface area contributed by atoms with Gasteiger partial charge in [-0.2, -0.15) is 0 Å². The van der Waals surface area contributed by atoms with E-state index in [1.165, 1.54) is 16.0 Å². The number of aromatic nitrogens is 2. The summed E-state index contributed by atoms with van der Waals surface area (Å²) in [5.74, 6) is -0.720. The van der Waals surface area contributed by atoms with Crippen molar-refractivity contribution in [2.24, 2.45) is 0 Å². The van der Waals surface area contributed by atoms with Crippen LogP contribution in [0.2, 0.25) is 0 Å². The molecule has 1 aliphatic carbocycles. The number of anilines is 1. The first kappa shape index (κ1) is 26.0. The standard InChI is InChI=1S/C25H29N3O6S2/c1-4-33-24(30)20-18-9-7-5-6-8-10-19(18)36-22(20)26-21(29)15(2)35-23-25(31)34-27-28(23)16-11-13-17(32-3)14-12-16/h11-15H,4-10H2,1-3H3,(H-,26,27,29,30,31). The lowest BCUT2D eigenvalue weighted by atomic mass is 9.96. The van der Waals surface area contributed by atoms with Crippen LogP contribution in [0, 0.1) is 0 Å². The van der Waals surface area contributed by atoms with Gasteiger partial charge >= 0.3 is 5.97 Å². The van der Waals surface area contributed by atoms with E-state index < -0.39 is 17.2 Å². The maximum absolute atomic E-state index is 13.2. The molecule has 0 radical (unpaired) electrons. The molecule has 2 aromatic heterocycles. The number of amides is 1. The van der Waals surface area contributed by atoms with Crippen molar-refractivity contribution in [2.45, 2.75) is 62.6 Å². The number of nitrogens with zero attached hydrogens (tertiary/aromatic N) is 2. The van der Waals surface area contributed by atoms with Crippen molar-refractivity contribution in [3.05, 3.63) is 40.3 Å². The molecule has 1 aliphatic rings. The fourth-order valence-electron chi connectivity index (χ4n) is 4.09. The van der Waals surface area contributed by atoms with Gasteiger partial charge in [-0.05, 0) is 73.7 Å². The van der Waals surface area contributed by atoms with Crippen LogP contribution in [0.4, 0.5) is 5.00 Å². The number of methoxy groups -OCH3 is 1. The Morgan fingerprint density at radius 1 is 1.22 bits per heavy atom. The van der Waals surface area contributed by atoms with Crippen LogP contribution in [0.5, 0.6) is 11.7 Å². The third-order valence-electron chi connectivity index (χ3n) is 5.93. The third-order valence-corrected chi connectivity index (χ3v) is 8.27. The van der Waals surface area contributed by atoms with Crippen LogP contribution in [0.3, 0.4) is 0 Å². The highest BCUT2D eigenvalue weighted by Crippen LogP contribution is 2.38. The molecule has 192 valence electrons. The summed E-state index contributed by atoms with van der Waals surface area (Å²) in [5.41, 5.74) is 2.05. The zero-order chi connectivity index (χ0) is 25.7. The van der Waals surface area contributed by atoms with Gasteiger partial charge in [0.25, 0.3) is 5.03 Å². The quantitative estimate of drug-likeness (QED) is 0.263. The van der Waals surface area contributed by atoms with Gasteiger partial charge < -0.3 is 24.4 Å². The molecule has 1 atom stereocenters. The van der Waals surface area contributed by atoms with Gasteiger partial charge in [0, 0.05) is 17.0 Å². The Hall–Kier alpha value is -3.05. The highest BCUT2D eigenvalue weighted by Gasteiger charge is 2.30. The molecule has 1 amide bonds. The fourth-order valence-corrected chi connectivity index (χ4v) is 6.24. The van der Waals surface area contributed by atoms with E-state index in [2.05, 4.69) is 10.6 Å². The van der Waals surface area contributed by atoms with Crippen molar-refractivity contribution in [3.8, 4) is 17.4 Å². The molecular formula is C25H29N3O6S2. The summed E-state index contributed by atoms with van der Waals surface area (Å²) < 4.78 is 16.7. The summed E-state index contributed by atoms with van der Waals surface area (Å²) in [6, 6.07) is 6.96. The zero-order valence-electron chi connectivity index (χ0n) is 20.5. The highest BCUT2D eigenvalue weighted by atomic mass is 32.2. The Morgan fingerprint density at radius 3 is 2.64 bits per heavy atom. The molecule has 0 spiro atoms. The van der Waals surface area contributed by atoms with Gasteiger partial charge in [0.2, 0.25) is 11.6 Å². The molecule has 1 aromatic carbocycles. The van der Waals surface area contributed by atoms with Crippen molar-refractivity contribution < 1.29 is 33.4 Å². The Bertz CT molecular complexity index is 1220. The number of esters is 1. The molecular weight excluding hydrogens is 502 g/mol. The molecule has 0 saturated heterocycles. The summed E-state index contributed by atoms with van der Waals surface area (Å²) in [5, 5.41) is 19.2. The number of carbonyl (C=O) groups is 2. The minimum Gasteiger partial charge on any atom is -0.538 e. The molecule has 0 aliphatic heterocycles. The highest BCUT2D eigenvalue weighted by molar-refractivity contribution is 8.00. The Morgan fingerprint density at radius 2 is 1.94 bits per heavy atom. The lowest BCUT2D eigenvalue weighted by Crippen LogP contribution is -2.36. The summed E-state index contributed by atoms with van der Waals surface area (Å²) in [6.07, 6.45) is 6.02. The predicted octanol–water partition coefficient (Wildman–Crippen LogP) is 4.05. The van der Waals surface area contributed by atoms with Crippen LogP contribution < -0.4 is 19.8 Å². The van der Waals surface area contributed by atoms with Gasteiger partial charge in [0.1, 0.15) is 10.8 Å². The van der Waals surface area contributed by atoms with Gasteiger partial charge in [0.05, 0.1) is 29.8 Å². The van der Waals surface area contributed by atoms with E-state index in [-0.39, 0.29) is 17.5 Å². The van der Waals surface area contributed by atoms with E-state index in [1.54, 1.807) is 45.2 Å². The lowest BCUT2D eigenvalue weighted by molar-refractivity contribution is -0.705. The molecule has 0 saturated carbocycles.